The van der Waals surface area contributed by atoms with Crippen LogP contribution in [0.15, 0.2) is 34.3 Å². The number of nitrogens with zero attached hydrogens (tertiary/aromatic N) is 1. The molecule has 16 heavy (non-hydrogen) atoms. The Labute approximate surface area is 106 Å². The molecule has 1 aromatic rings. The molecule has 0 unspecified atom stereocenters. The molecule has 1 aromatic carbocycles. The molecule has 0 fully saturated rings. The Morgan fingerprint density at radius 1 is 0.812 bits per heavy atom. The molecule has 1 aliphatic rings. The number of hydrogen-bond acceptors (Lipinski definition) is 2. The summed E-state index contributed by atoms with van der Waals surface area (Å²) in [5, 5.41) is -0.0174. The monoisotopic (exact) mass is 275 g/mol. The van der Waals surface area contributed by atoms with Crippen LogP contribution in [0.5, 0.6) is 0 Å². The Balaban J connectivity index is 2.42. The van der Waals surface area contributed by atoms with Gasteiger partial charge in [-0.1, -0.05) is 34.8 Å². The zero-order chi connectivity index (χ0) is 11.9. The fourth-order valence-electron chi connectivity index (χ4n) is 1.30. The predicted molar refractivity (Wildman–Crippen MR) is 62.7 cm³/mol. The van der Waals surface area contributed by atoms with Crippen molar-refractivity contribution in [3.8, 4) is 0 Å². The number of carbonyl (C=O) groups is 2. The molecule has 0 saturated heterocycles. The average Bonchev–Trinajstić information content (AvgIpc) is 2.46. The minimum atomic E-state index is -0.626. The van der Waals surface area contributed by atoms with Crippen LogP contribution in [-0.4, -0.2) is 11.8 Å². The van der Waals surface area contributed by atoms with Gasteiger partial charge in [-0.2, -0.15) is 0 Å². The van der Waals surface area contributed by atoms with Crippen LogP contribution in [0.2, 0.25) is 5.02 Å². The number of anilines is 1. The van der Waals surface area contributed by atoms with E-state index in [-0.39, 0.29) is 10.1 Å². The fraction of sp³-hybridized carbons (Fsp3) is 0. The van der Waals surface area contributed by atoms with E-state index in [0.29, 0.717) is 10.7 Å². The molecule has 1 heterocycles. The summed E-state index contributed by atoms with van der Waals surface area (Å²) in [6.07, 6.45) is 0. The van der Waals surface area contributed by atoms with Crippen molar-refractivity contribution >= 4 is 52.3 Å². The van der Waals surface area contributed by atoms with E-state index in [1.807, 2.05) is 0 Å². The number of rotatable bonds is 1. The first-order chi connectivity index (χ1) is 7.52. The molecule has 0 aliphatic carbocycles. The van der Waals surface area contributed by atoms with E-state index in [1.165, 1.54) is 12.1 Å². The Bertz CT molecular complexity index is 483. The number of benzene rings is 1. The molecule has 2 amide bonds. The summed E-state index contributed by atoms with van der Waals surface area (Å²) in [5.41, 5.74) is 0.383. The highest BCUT2D eigenvalue weighted by Gasteiger charge is 2.37. The van der Waals surface area contributed by atoms with Gasteiger partial charge in [-0.3, -0.25) is 9.59 Å². The van der Waals surface area contributed by atoms with Gasteiger partial charge < -0.3 is 0 Å². The molecule has 0 radical (unpaired) electrons. The second-order valence-corrected chi connectivity index (χ2v) is 4.24. The molecule has 2 rings (SSSR count). The molecular weight excluding hydrogens is 272 g/mol. The van der Waals surface area contributed by atoms with Gasteiger partial charge in [0.1, 0.15) is 10.1 Å². The Kier molecular flexibility index (Phi) is 2.93. The molecule has 0 atom stereocenters. The van der Waals surface area contributed by atoms with Gasteiger partial charge >= 0.3 is 0 Å². The van der Waals surface area contributed by atoms with E-state index >= 15 is 0 Å². The summed E-state index contributed by atoms with van der Waals surface area (Å²) in [7, 11) is 0. The van der Waals surface area contributed by atoms with Crippen LogP contribution in [-0.2, 0) is 9.59 Å². The maximum absolute atomic E-state index is 11.6. The van der Waals surface area contributed by atoms with Gasteiger partial charge in [0.05, 0.1) is 5.69 Å². The fourth-order valence-corrected chi connectivity index (χ4v) is 1.76. The van der Waals surface area contributed by atoms with Crippen LogP contribution >= 0.6 is 34.8 Å². The summed E-state index contributed by atoms with van der Waals surface area (Å²) in [6, 6.07) is 6.21. The van der Waals surface area contributed by atoms with Crippen molar-refractivity contribution in [1.82, 2.24) is 0 Å². The Hall–Kier alpha value is -1.03. The topological polar surface area (TPSA) is 37.4 Å². The molecule has 82 valence electrons. The molecule has 0 N–H and O–H groups in total. The van der Waals surface area contributed by atoms with Gasteiger partial charge in [0.25, 0.3) is 11.8 Å². The second kappa shape index (κ2) is 4.09. The summed E-state index contributed by atoms with van der Waals surface area (Å²) in [5.74, 6) is -1.25. The van der Waals surface area contributed by atoms with Crippen molar-refractivity contribution < 1.29 is 9.59 Å². The van der Waals surface area contributed by atoms with Crippen molar-refractivity contribution in [3.05, 3.63) is 39.4 Å². The number of halogens is 3. The van der Waals surface area contributed by atoms with Crippen LogP contribution in [0.1, 0.15) is 0 Å². The molecule has 3 nitrogen and oxygen atoms in total. The van der Waals surface area contributed by atoms with Crippen LogP contribution in [0.3, 0.4) is 0 Å². The second-order valence-electron chi connectivity index (χ2n) is 3.05. The zero-order valence-corrected chi connectivity index (χ0v) is 9.97. The first-order valence-corrected chi connectivity index (χ1v) is 5.35. The van der Waals surface area contributed by atoms with Gasteiger partial charge in [0, 0.05) is 5.02 Å². The number of hydrogen-bond donors (Lipinski definition) is 0. The van der Waals surface area contributed by atoms with Gasteiger partial charge in [-0.05, 0) is 24.3 Å². The standard InChI is InChI=1S/C10H4Cl3NO2/c11-5-1-3-6(4-2-5)14-9(15)7(12)8(13)10(14)16/h1-4H. The van der Waals surface area contributed by atoms with Crippen molar-refractivity contribution in [3.63, 3.8) is 0 Å². The largest absolute Gasteiger partial charge is 0.278 e. The molecule has 1 aliphatic heterocycles. The maximum Gasteiger partial charge on any atom is 0.278 e. The first kappa shape index (κ1) is 11.5. The molecular formula is C10H4Cl3NO2. The lowest BCUT2D eigenvalue weighted by atomic mass is 10.3. The molecule has 0 saturated carbocycles. The van der Waals surface area contributed by atoms with Crippen LogP contribution < -0.4 is 4.90 Å². The third-order valence-corrected chi connectivity index (χ3v) is 3.11. The van der Waals surface area contributed by atoms with Crippen LogP contribution in [0.4, 0.5) is 5.69 Å². The van der Waals surface area contributed by atoms with Crippen molar-refractivity contribution in [2.75, 3.05) is 4.90 Å². The van der Waals surface area contributed by atoms with Gasteiger partial charge in [0.2, 0.25) is 0 Å². The van der Waals surface area contributed by atoms with Crippen LogP contribution in [0.25, 0.3) is 0 Å². The number of amides is 2. The number of imide groups is 1. The molecule has 0 bridgehead atoms. The first-order valence-electron chi connectivity index (χ1n) is 4.22. The van der Waals surface area contributed by atoms with Gasteiger partial charge in [-0.25, -0.2) is 4.90 Å². The Morgan fingerprint density at radius 3 is 1.69 bits per heavy atom. The highest BCUT2D eigenvalue weighted by molar-refractivity contribution is 6.62. The van der Waals surface area contributed by atoms with Crippen molar-refractivity contribution in [1.29, 1.82) is 0 Å². The molecule has 0 aromatic heterocycles. The van der Waals surface area contributed by atoms with Gasteiger partial charge in [-0.15, -0.1) is 0 Å². The highest BCUT2D eigenvalue weighted by atomic mass is 35.5. The smallest absolute Gasteiger partial charge is 0.267 e. The van der Waals surface area contributed by atoms with Crippen molar-refractivity contribution in [2.24, 2.45) is 0 Å². The normalized spacial score (nSPS) is 16.3. The summed E-state index contributed by atoms with van der Waals surface area (Å²) < 4.78 is 0. The van der Waals surface area contributed by atoms with E-state index in [4.69, 9.17) is 34.8 Å². The van der Waals surface area contributed by atoms with Crippen LogP contribution in [0, 0.1) is 0 Å². The minimum Gasteiger partial charge on any atom is -0.267 e. The van der Waals surface area contributed by atoms with Crippen molar-refractivity contribution in [2.45, 2.75) is 0 Å². The summed E-state index contributed by atoms with van der Waals surface area (Å²) in [6.45, 7) is 0. The lowest BCUT2D eigenvalue weighted by Gasteiger charge is -2.13. The van der Waals surface area contributed by atoms with E-state index < -0.39 is 11.8 Å². The SMILES string of the molecule is O=C1C(Cl)=C(Cl)C(=O)N1c1ccc(Cl)cc1. The summed E-state index contributed by atoms with van der Waals surface area (Å²) in [4.78, 5) is 24.1. The summed E-state index contributed by atoms with van der Waals surface area (Å²) >= 11 is 16.9. The third-order valence-electron chi connectivity index (χ3n) is 2.06. The van der Waals surface area contributed by atoms with E-state index in [9.17, 15) is 9.59 Å². The predicted octanol–water partition coefficient (Wildman–Crippen LogP) is 2.90. The minimum absolute atomic E-state index is 0.262. The highest BCUT2D eigenvalue weighted by Crippen LogP contribution is 2.31. The Morgan fingerprint density at radius 2 is 1.25 bits per heavy atom. The van der Waals surface area contributed by atoms with E-state index in [2.05, 4.69) is 0 Å². The van der Waals surface area contributed by atoms with E-state index in [1.54, 1.807) is 12.1 Å². The lowest BCUT2D eigenvalue weighted by Crippen LogP contribution is -2.30. The zero-order valence-electron chi connectivity index (χ0n) is 7.71. The molecule has 6 heteroatoms. The quantitative estimate of drug-likeness (QED) is 0.740. The lowest BCUT2D eigenvalue weighted by molar-refractivity contribution is -0.120. The van der Waals surface area contributed by atoms with Gasteiger partial charge in [0.15, 0.2) is 0 Å². The maximum atomic E-state index is 11.6. The molecule has 0 spiro atoms. The average molecular weight is 277 g/mol. The number of carbonyl (C=O) groups excluding carboxylic acids is 2. The third kappa shape index (κ3) is 1.71. The van der Waals surface area contributed by atoms with E-state index in [0.717, 1.165) is 4.90 Å².